The Kier molecular flexibility index (Phi) is 6.30. The van der Waals surface area contributed by atoms with E-state index in [2.05, 4.69) is 10.4 Å². The van der Waals surface area contributed by atoms with Crippen LogP contribution in [-0.4, -0.2) is 9.66 Å². The van der Waals surface area contributed by atoms with Gasteiger partial charge in [0.1, 0.15) is 11.6 Å². The van der Waals surface area contributed by atoms with Gasteiger partial charge < -0.3 is 5.73 Å². The molecular weight excluding hydrogens is 400 g/mol. The summed E-state index contributed by atoms with van der Waals surface area (Å²) in [6.07, 6.45) is -4.32. The topological polar surface area (TPSA) is 72.9 Å². The molecule has 0 spiro atoms. The maximum Gasteiger partial charge on any atom is 0.417 e. The van der Waals surface area contributed by atoms with Crippen molar-refractivity contribution in [3.8, 4) is 0 Å². The van der Waals surface area contributed by atoms with E-state index in [0.717, 1.165) is 22.9 Å². The number of nitrogens with zero attached hydrogens (tertiary/aromatic N) is 2. The number of nitrogens with two attached hydrogens (primary N) is 1. The minimum absolute atomic E-state index is 0. The minimum atomic E-state index is -4.72. The van der Waals surface area contributed by atoms with Crippen molar-refractivity contribution in [2.45, 2.75) is 25.6 Å². The van der Waals surface area contributed by atoms with Crippen molar-refractivity contribution in [3.05, 3.63) is 70.0 Å². The Morgan fingerprint density at radius 3 is 2.39 bits per heavy atom. The van der Waals surface area contributed by atoms with E-state index in [4.69, 9.17) is 5.73 Å². The number of anilines is 1. The van der Waals surface area contributed by atoms with Gasteiger partial charge in [-0.15, -0.1) is 12.4 Å². The smallest absolute Gasteiger partial charge is 0.321 e. The summed E-state index contributed by atoms with van der Waals surface area (Å²) in [5.41, 5.74) is 6.89. The fourth-order valence-electron chi connectivity index (χ4n) is 2.68. The molecule has 3 aromatic rings. The number of rotatable bonds is 4. The van der Waals surface area contributed by atoms with Crippen molar-refractivity contribution in [1.82, 2.24) is 9.66 Å². The molecule has 0 bridgehead atoms. The van der Waals surface area contributed by atoms with Crippen molar-refractivity contribution in [1.29, 1.82) is 0 Å². The summed E-state index contributed by atoms with van der Waals surface area (Å²) >= 11 is 0. The van der Waals surface area contributed by atoms with Crippen LogP contribution in [0.3, 0.4) is 0 Å². The molecular formula is C18H17ClF4N4O. The van der Waals surface area contributed by atoms with Gasteiger partial charge in [0.25, 0.3) is 5.56 Å². The average molecular weight is 417 g/mol. The molecule has 2 aromatic carbocycles. The van der Waals surface area contributed by atoms with Gasteiger partial charge in [0.15, 0.2) is 0 Å². The lowest BCUT2D eigenvalue weighted by molar-refractivity contribution is -0.136. The van der Waals surface area contributed by atoms with Gasteiger partial charge in [-0.1, -0.05) is 13.0 Å². The van der Waals surface area contributed by atoms with E-state index in [9.17, 15) is 22.4 Å². The lowest BCUT2D eigenvalue weighted by Gasteiger charge is -2.20. The first-order valence-electron chi connectivity index (χ1n) is 8.13. The van der Waals surface area contributed by atoms with Gasteiger partial charge in [-0.25, -0.2) is 14.1 Å². The van der Waals surface area contributed by atoms with E-state index in [1.54, 1.807) is 6.92 Å². The number of nitrogens with one attached hydrogen (secondary N) is 1. The molecule has 0 aliphatic rings. The van der Waals surface area contributed by atoms with Gasteiger partial charge in [-0.3, -0.25) is 10.2 Å². The number of alkyl halides is 3. The zero-order valence-corrected chi connectivity index (χ0v) is 15.4. The highest BCUT2D eigenvalue weighted by Gasteiger charge is 2.34. The van der Waals surface area contributed by atoms with Crippen LogP contribution in [0, 0.1) is 5.82 Å². The molecule has 0 radical (unpaired) electrons. The Labute approximate surface area is 163 Å². The van der Waals surface area contributed by atoms with Crippen LogP contribution in [0.4, 0.5) is 23.2 Å². The maximum absolute atomic E-state index is 13.4. The fourth-order valence-corrected chi connectivity index (χ4v) is 2.68. The Bertz CT molecular complexity index is 1030. The van der Waals surface area contributed by atoms with Crippen molar-refractivity contribution >= 4 is 29.0 Å². The summed E-state index contributed by atoms with van der Waals surface area (Å²) in [6.45, 7) is 1.76. The molecule has 0 fully saturated rings. The number of benzene rings is 2. The molecule has 0 aliphatic carbocycles. The zero-order valence-electron chi connectivity index (χ0n) is 14.6. The summed E-state index contributed by atoms with van der Waals surface area (Å²) in [6, 6.07) is 7.67. The van der Waals surface area contributed by atoms with Crippen LogP contribution in [0.15, 0.2) is 47.3 Å². The van der Waals surface area contributed by atoms with Crippen LogP contribution < -0.4 is 16.7 Å². The van der Waals surface area contributed by atoms with Crippen LogP contribution in [0.5, 0.6) is 0 Å². The largest absolute Gasteiger partial charge is 0.417 e. The van der Waals surface area contributed by atoms with Gasteiger partial charge >= 0.3 is 6.18 Å². The predicted octanol–water partition coefficient (Wildman–Crippen LogP) is 4.26. The van der Waals surface area contributed by atoms with Crippen molar-refractivity contribution in [3.63, 3.8) is 0 Å². The lowest BCUT2D eigenvalue weighted by Crippen LogP contribution is -2.34. The fraction of sp³-hybridized carbons (Fsp3) is 0.222. The molecule has 0 aliphatic heterocycles. The van der Waals surface area contributed by atoms with Gasteiger partial charge in [-0.05, 0) is 42.8 Å². The Morgan fingerprint density at radius 2 is 1.82 bits per heavy atom. The second-order valence-corrected chi connectivity index (χ2v) is 5.94. The summed E-state index contributed by atoms with van der Waals surface area (Å²) < 4.78 is 54.1. The molecule has 3 N–H and O–H groups in total. The van der Waals surface area contributed by atoms with Gasteiger partial charge in [-0.2, -0.15) is 13.2 Å². The van der Waals surface area contributed by atoms with Crippen molar-refractivity contribution in [2.24, 2.45) is 5.73 Å². The molecule has 0 saturated heterocycles. The first kappa shape index (κ1) is 21.6. The molecule has 10 heteroatoms. The molecule has 1 atom stereocenters. The highest BCUT2D eigenvalue weighted by molar-refractivity contribution is 5.85. The molecule has 1 heterocycles. The normalized spacial score (nSPS) is 12.5. The molecule has 0 unspecified atom stereocenters. The SMILES string of the molecule is CC[C@H](N)c1nc2cccc(C(F)(F)F)c2c(=O)n1Nc1ccc(F)cc1.Cl. The molecule has 28 heavy (non-hydrogen) atoms. The van der Waals surface area contributed by atoms with E-state index >= 15 is 0 Å². The molecule has 3 rings (SSSR count). The molecule has 0 amide bonds. The van der Waals surface area contributed by atoms with E-state index in [1.807, 2.05) is 0 Å². The van der Waals surface area contributed by atoms with E-state index < -0.39 is 34.5 Å². The number of halogens is 5. The van der Waals surface area contributed by atoms with Crippen molar-refractivity contribution in [2.75, 3.05) is 5.43 Å². The van der Waals surface area contributed by atoms with Gasteiger partial charge in [0, 0.05) is 0 Å². The number of aromatic nitrogens is 2. The average Bonchev–Trinajstić information content (AvgIpc) is 2.63. The first-order valence-corrected chi connectivity index (χ1v) is 8.13. The predicted molar refractivity (Wildman–Crippen MR) is 101 cm³/mol. The van der Waals surface area contributed by atoms with E-state index in [-0.39, 0.29) is 23.7 Å². The van der Waals surface area contributed by atoms with E-state index in [0.29, 0.717) is 12.1 Å². The summed E-state index contributed by atoms with van der Waals surface area (Å²) in [5.74, 6) is -0.409. The Hall–Kier alpha value is -2.65. The van der Waals surface area contributed by atoms with E-state index in [1.165, 1.54) is 24.3 Å². The second-order valence-electron chi connectivity index (χ2n) is 5.94. The van der Waals surface area contributed by atoms with Crippen molar-refractivity contribution < 1.29 is 17.6 Å². The second kappa shape index (κ2) is 8.15. The maximum atomic E-state index is 13.4. The monoisotopic (exact) mass is 416 g/mol. The molecule has 0 saturated carbocycles. The molecule has 1 aromatic heterocycles. The molecule has 150 valence electrons. The van der Waals surface area contributed by atoms with Crippen LogP contribution >= 0.6 is 12.4 Å². The summed E-state index contributed by atoms with van der Waals surface area (Å²) in [4.78, 5) is 17.1. The summed E-state index contributed by atoms with van der Waals surface area (Å²) in [5, 5.41) is -0.563. The summed E-state index contributed by atoms with van der Waals surface area (Å²) in [7, 11) is 0. The lowest BCUT2D eigenvalue weighted by atomic mass is 10.1. The van der Waals surface area contributed by atoms with Crippen LogP contribution in [0.25, 0.3) is 10.9 Å². The van der Waals surface area contributed by atoms with Crippen LogP contribution in [-0.2, 0) is 6.18 Å². The molecule has 5 nitrogen and oxygen atoms in total. The van der Waals surface area contributed by atoms with Crippen LogP contribution in [0.2, 0.25) is 0 Å². The quantitative estimate of drug-likeness (QED) is 0.623. The zero-order chi connectivity index (χ0) is 19.8. The first-order chi connectivity index (χ1) is 12.7. The Morgan fingerprint density at radius 1 is 1.18 bits per heavy atom. The minimum Gasteiger partial charge on any atom is -0.321 e. The third kappa shape index (κ3) is 4.10. The third-order valence-electron chi connectivity index (χ3n) is 4.09. The number of hydrogen-bond acceptors (Lipinski definition) is 4. The highest BCUT2D eigenvalue weighted by atomic mass is 35.5. The third-order valence-corrected chi connectivity index (χ3v) is 4.09. The van der Waals surface area contributed by atoms with Gasteiger partial charge in [0.05, 0.1) is 28.2 Å². The Balaban J connectivity index is 0.00000280. The van der Waals surface area contributed by atoms with Crippen LogP contribution in [0.1, 0.15) is 30.8 Å². The van der Waals surface area contributed by atoms with Gasteiger partial charge in [0.2, 0.25) is 0 Å². The number of fused-ring (bicyclic) bond motifs is 1. The number of hydrogen-bond donors (Lipinski definition) is 2. The standard InChI is InChI=1S/C18H16F4N4O.ClH/c1-2-13(23)16-24-14-5-3-4-12(18(20,21)22)15(14)17(27)26(16)25-11-8-6-10(19)7-9-11;/h3-9,13,25H,2,23H2,1H3;1H/t13-;/m0./s1. The highest BCUT2D eigenvalue weighted by Crippen LogP contribution is 2.33.